The Labute approximate surface area is 186 Å². The average Bonchev–Trinajstić information content (AvgIpc) is 3.20. The maximum atomic E-state index is 13.4. The van der Waals surface area contributed by atoms with Crippen LogP contribution < -0.4 is 4.72 Å². The molecule has 4 rings (SSSR count). The summed E-state index contributed by atoms with van der Waals surface area (Å²) in [6.07, 6.45) is 1.34. The molecule has 0 aliphatic carbocycles. The molecule has 1 N–H and O–H groups in total. The van der Waals surface area contributed by atoms with Crippen LogP contribution in [0.5, 0.6) is 0 Å². The van der Waals surface area contributed by atoms with Gasteiger partial charge in [-0.3, -0.25) is 4.72 Å². The van der Waals surface area contributed by atoms with E-state index in [4.69, 9.17) is 0 Å². The van der Waals surface area contributed by atoms with Crippen molar-refractivity contribution >= 4 is 31.4 Å². The first-order valence-corrected chi connectivity index (χ1v) is 13.0. The fraction of sp³-hybridized carbons (Fsp3) is 0.136. The summed E-state index contributed by atoms with van der Waals surface area (Å²) >= 11 is 0. The van der Waals surface area contributed by atoms with Crippen LogP contribution in [0.4, 0.5) is 10.1 Å². The van der Waals surface area contributed by atoms with E-state index >= 15 is 0 Å². The molecular formula is C22H20FN3O4S2. The zero-order valence-corrected chi connectivity index (χ0v) is 18.6. The van der Waals surface area contributed by atoms with Crippen molar-refractivity contribution in [1.82, 2.24) is 4.41 Å². The van der Waals surface area contributed by atoms with Crippen molar-refractivity contribution in [1.29, 1.82) is 0 Å². The maximum absolute atomic E-state index is 13.4. The monoisotopic (exact) mass is 473 g/mol. The number of nitrogens with one attached hydrogen (secondary N) is 1. The van der Waals surface area contributed by atoms with Crippen molar-refractivity contribution < 1.29 is 21.2 Å². The molecule has 0 saturated carbocycles. The standard InChI is InChI=1S/C22H20FN3O4S2/c1-31(27,28)25-19-9-5-8-17(14-19)21-15-22(16-6-3-2-4-7-16)26(24-21)32(29,30)20-12-10-18(23)11-13-20/h2-14,22,25H,15H2,1H3/t22-/m1/s1. The van der Waals surface area contributed by atoms with Gasteiger partial charge in [0.05, 0.1) is 22.9 Å². The molecule has 1 aliphatic rings. The topological polar surface area (TPSA) is 95.9 Å². The number of hydrogen-bond donors (Lipinski definition) is 1. The summed E-state index contributed by atoms with van der Waals surface area (Å²) < 4.78 is 66.7. The Morgan fingerprint density at radius 3 is 2.28 bits per heavy atom. The average molecular weight is 474 g/mol. The minimum Gasteiger partial charge on any atom is -0.284 e. The van der Waals surface area contributed by atoms with Gasteiger partial charge in [0.25, 0.3) is 10.0 Å². The van der Waals surface area contributed by atoms with Crippen molar-refractivity contribution in [2.45, 2.75) is 17.4 Å². The molecule has 7 nitrogen and oxygen atoms in total. The number of hydrogen-bond acceptors (Lipinski definition) is 5. The van der Waals surface area contributed by atoms with Gasteiger partial charge in [-0.2, -0.15) is 17.9 Å². The van der Waals surface area contributed by atoms with Crippen molar-refractivity contribution in [2.24, 2.45) is 5.10 Å². The van der Waals surface area contributed by atoms with Crippen LogP contribution in [0.25, 0.3) is 0 Å². The normalized spacial score (nSPS) is 16.6. The third kappa shape index (κ3) is 4.66. The van der Waals surface area contributed by atoms with E-state index in [2.05, 4.69) is 9.82 Å². The molecule has 166 valence electrons. The van der Waals surface area contributed by atoms with E-state index < -0.39 is 31.9 Å². The zero-order chi connectivity index (χ0) is 22.9. The molecule has 0 bridgehead atoms. The Morgan fingerprint density at radius 2 is 1.62 bits per heavy atom. The summed E-state index contributed by atoms with van der Waals surface area (Å²) in [4.78, 5) is -0.0719. The molecule has 0 unspecified atom stereocenters. The predicted octanol–water partition coefficient (Wildman–Crippen LogP) is 3.74. The van der Waals surface area contributed by atoms with Crippen molar-refractivity contribution in [3.63, 3.8) is 0 Å². The predicted molar refractivity (Wildman–Crippen MR) is 121 cm³/mol. The minimum absolute atomic E-state index is 0.0719. The van der Waals surface area contributed by atoms with Crippen LogP contribution in [0.1, 0.15) is 23.6 Å². The van der Waals surface area contributed by atoms with Gasteiger partial charge in [-0.25, -0.2) is 12.8 Å². The zero-order valence-electron chi connectivity index (χ0n) is 17.0. The Hall–Kier alpha value is -3.24. The highest BCUT2D eigenvalue weighted by molar-refractivity contribution is 7.92. The Bertz CT molecular complexity index is 1370. The van der Waals surface area contributed by atoms with Gasteiger partial charge in [-0.15, -0.1) is 0 Å². The lowest BCUT2D eigenvalue weighted by Crippen LogP contribution is -2.27. The van der Waals surface area contributed by atoms with Gasteiger partial charge in [-0.1, -0.05) is 42.5 Å². The van der Waals surface area contributed by atoms with E-state index in [0.717, 1.165) is 28.4 Å². The molecule has 3 aromatic rings. The fourth-order valence-electron chi connectivity index (χ4n) is 3.50. The molecule has 0 amide bonds. The van der Waals surface area contributed by atoms with E-state index in [1.54, 1.807) is 24.3 Å². The lowest BCUT2D eigenvalue weighted by atomic mass is 9.99. The van der Waals surface area contributed by atoms with E-state index in [1.807, 2.05) is 30.3 Å². The molecule has 0 spiro atoms. The van der Waals surface area contributed by atoms with Gasteiger partial charge in [0.2, 0.25) is 10.0 Å². The summed E-state index contributed by atoms with van der Waals surface area (Å²) in [6.45, 7) is 0. The molecule has 0 fully saturated rings. The third-order valence-electron chi connectivity index (χ3n) is 4.91. The number of hydrazone groups is 1. The summed E-state index contributed by atoms with van der Waals surface area (Å²) in [6, 6.07) is 19.7. The lowest BCUT2D eigenvalue weighted by molar-refractivity contribution is 0.371. The molecule has 0 saturated heterocycles. The van der Waals surface area contributed by atoms with Gasteiger partial charge in [0.1, 0.15) is 5.82 Å². The molecular weight excluding hydrogens is 453 g/mol. The number of nitrogens with zero attached hydrogens (tertiary/aromatic N) is 2. The summed E-state index contributed by atoms with van der Waals surface area (Å²) in [5.74, 6) is -0.538. The van der Waals surface area contributed by atoms with Crippen molar-refractivity contribution in [2.75, 3.05) is 11.0 Å². The highest BCUT2D eigenvalue weighted by atomic mass is 32.2. The first-order valence-electron chi connectivity index (χ1n) is 9.64. The van der Waals surface area contributed by atoms with Gasteiger partial charge < -0.3 is 0 Å². The Morgan fingerprint density at radius 1 is 0.938 bits per heavy atom. The second-order valence-electron chi connectivity index (χ2n) is 7.36. The van der Waals surface area contributed by atoms with Crippen LogP contribution >= 0.6 is 0 Å². The number of anilines is 1. The van der Waals surface area contributed by atoms with Gasteiger partial charge in [0.15, 0.2) is 0 Å². The number of halogens is 1. The quantitative estimate of drug-likeness (QED) is 0.590. The molecule has 3 aromatic carbocycles. The van der Waals surface area contributed by atoms with E-state index in [0.29, 0.717) is 17.0 Å². The fourth-order valence-corrected chi connectivity index (χ4v) is 5.49. The van der Waals surface area contributed by atoms with E-state index in [-0.39, 0.29) is 11.3 Å². The molecule has 1 aliphatic heterocycles. The number of benzene rings is 3. The Kier molecular flexibility index (Phi) is 5.74. The van der Waals surface area contributed by atoms with Crippen LogP contribution in [-0.2, 0) is 20.0 Å². The first-order chi connectivity index (χ1) is 15.1. The van der Waals surface area contributed by atoms with Crippen molar-refractivity contribution in [3.05, 3.63) is 95.8 Å². The number of sulfonamides is 2. The molecule has 10 heteroatoms. The highest BCUT2D eigenvalue weighted by Gasteiger charge is 2.37. The van der Waals surface area contributed by atoms with Crippen LogP contribution in [0.2, 0.25) is 0 Å². The third-order valence-corrected chi connectivity index (χ3v) is 7.22. The molecule has 32 heavy (non-hydrogen) atoms. The van der Waals surface area contributed by atoms with Gasteiger partial charge in [-0.05, 0) is 47.5 Å². The first kappa shape index (κ1) is 22.0. The van der Waals surface area contributed by atoms with E-state index in [9.17, 15) is 21.2 Å². The molecule has 0 aromatic heterocycles. The minimum atomic E-state index is -4.06. The van der Waals surface area contributed by atoms with Crippen LogP contribution in [0, 0.1) is 5.82 Å². The van der Waals surface area contributed by atoms with Crippen LogP contribution in [-0.4, -0.2) is 33.2 Å². The van der Waals surface area contributed by atoms with Crippen LogP contribution in [0.3, 0.4) is 0 Å². The SMILES string of the molecule is CS(=O)(=O)Nc1cccc(C2=NN(S(=O)(=O)c3ccc(F)cc3)[C@@H](c3ccccc3)C2)c1. The summed E-state index contributed by atoms with van der Waals surface area (Å²) in [5, 5.41) is 4.42. The number of rotatable bonds is 6. The molecule has 1 atom stereocenters. The molecule has 1 heterocycles. The second kappa shape index (κ2) is 8.36. The van der Waals surface area contributed by atoms with Gasteiger partial charge in [0, 0.05) is 12.1 Å². The second-order valence-corrected chi connectivity index (χ2v) is 10.9. The largest absolute Gasteiger partial charge is 0.284 e. The lowest BCUT2D eigenvalue weighted by Gasteiger charge is -2.23. The van der Waals surface area contributed by atoms with Gasteiger partial charge >= 0.3 is 0 Å². The highest BCUT2D eigenvalue weighted by Crippen LogP contribution is 2.37. The smallest absolute Gasteiger partial charge is 0.279 e. The summed E-state index contributed by atoms with van der Waals surface area (Å²) in [7, 11) is -7.54. The maximum Gasteiger partial charge on any atom is 0.279 e. The van der Waals surface area contributed by atoms with Crippen molar-refractivity contribution in [3.8, 4) is 0 Å². The van der Waals surface area contributed by atoms with Crippen LogP contribution in [0.15, 0.2) is 88.9 Å². The molecule has 0 radical (unpaired) electrons. The Balaban J connectivity index is 1.77. The van der Waals surface area contributed by atoms with E-state index in [1.165, 1.54) is 12.1 Å². The summed E-state index contributed by atoms with van der Waals surface area (Å²) in [5.41, 5.74) is 2.18.